The Bertz CT molecular complexity index is 1070. The molecule has 0 bridgehead atoms. The summed E-state index contributed by atoms with van der Waals surface area (Å²) in [6.07, 6.45) is -0.545. The van der Waals surface area contributed by atoms with E-state index in [1.165, 1.54) is 20.2 Å². The number of carbonyl (C=O) groups excluding carboxylic acids is 2. The highest BCUT2D eigenvalue weighted by Crippen LogP contribution is 2.22. The first-order valence-corrected chi connectivity index (χ1v) is 11.5. The average Bonchev–Trinajstić information content (AvgIpc) is 2.72. The van der Waals surface area contributed by atoms with Crippen LogP contribution in [0.5, 0.6) is 0 Å². The Labute approximate surface area is 189 Å². The van der Waals surface area contributed by atoms with Crippen molar-refractivity contribution >= 4 is 39.1 Å². The summed E-state index contributed by atoms with van der Waals surface area (Å²) in [5.41, 5.74) is 2.13. The second-order valence-electron chi connectivity index (χ2n) is 7.87. The average molecular weight is 463 g/mol. The van der Waals surface area contributed by atoms with Gasteiger partial charge >= 0.3 is 6.09 Å². The molecular weight excluding hydrogens is 432 g/mol. The standard InChI is InChI=1S/C22H30N4O5S/c1-15(2)14-31-22(28)25-18-8-6-7-17(11-18)23-13-21(27)24-19-10-9-16(3)20(12-19)32(29,30)26(4)5/h6-12,15,23H,13-14H2,1-5H3,(H,24,27)(H,25,28). The highest BCUT2D eigenvalue weighted by Gasteiger charge is 2.20. The molecule has 2 aromatic carbocycles. The molecule has 9 nitrogen and oxygen atoms in total. The van der Waals surface area contributed by atoms with Gasteiger partial charge in [0.2, 0.25) is 15.9 Å². The molecule has 32 heavy (non-hydrogen) atoms. The van der Waals surface area contributed by atoms with E-state index < -0.39 is 16.1 Å². The monoisotopic (exact) mass is 462 g/mol. The topological polar surface area (TPSA) is 117 Å². The molecule has 0 radical (unpaired) electrons. The number of ether oxygens (including phenoxy) is 1. The molecule has 0 fully saturated rings. The third-order valence-electron chi connectivity index (χ3n) is 4.34. The maximum absolute atomic E-state index is 12.4. The Balaban J connectivity index is 1.97. The van der Waals surface area contributed by atoms with E-state index in [1.54, 1.807) is 43.3 Å². The van der Waals surface area contributed by atoms with Crippen LogP contribution in [0.25, 0.3) is 0 Å². The highest BCUT2D eigenvalue weighted by molar-refractivity contribution is 7.89. The maximum atomic E-state index is 12.4. The van der Waals surface area contributed by atoms with Crippen molar-refractivity contribution in [3.8, 4) is 0 Å². The molecule has 2 amide bonds. The van der Waals surface area contributed by atoms with Crippen LogP contribution < -0.4 is 16.0 Å². The molecule has 0 heterocycles. The highest BCUT2D eigenvalue weighted by atomic mass is 32.2. The van der Waals surface area contributed by atoms with Gasteiger partial charge in [-0.05, 0) is 48.7 Å². The van der Waals surface area contributed by atoms with E-state index in [4.69, 9.17) is 4.74 Å². The van der Waals surface area contributed by atoms with Gasteiger partial charge in [-0.15, -0.1) is 0 Å². The molecule has 0 spiro atoms. The van der Waals surface area contributed by atoms with Gasteiger partial charge in [-0.25, -0.2) is 17.5 Å². The number of amides is 2. The molecule has 10 heteroatoms. The predicted octanol–water partition coefficient (Wildman–Crippen LogP) is 3.50. The zero-order chi connectivity index (χ0) is 23.9. The number of benzene rings is 2. The van der Waals surface area contributed by atoms with Gasteiger partial charge in [0.05, 0.1) is 18.0 Å². The van der Waals surface area contributed by atoms with Crippen LogP contribution in [-0.4, -0.2) is 52.0 Å². The molecule has 3 N–H and O–H groups in total. The Morgan fingerprint density at radius 1 is 1.00 bits per heavy atom. The molecule has 174 valence electrons. The van der Waals surface area contributed by atoms with E-state index in [-0.39, 0.29) is 23.3 Å². The van der Waals surface area contributed by atoms with Crippen LogP contribution >= 0.6 is 0 Å². The number of aryl methyl sites for hydroxylation is 1. The van der Waals surface area contributed by atoms with Crippen molar-refractivity contribution in [2.75, 3.05) is 43.2 Å². The van der Waals surface area contributed by atoms with Crippen LogP contribution in [0.15, 0.2) is 47.4 Å². The molecule has 0 aliphatic carbocycles. The largest absolute Gasteiger partial charge is 0.449 e. The van der Waals surface area contributed by atoms with Crippen molar-refractivity contribution in [3.63, 3.8) is 0 Å². The summed E-state index contributed by atoms with van der Waals surface area (Å²) in [7, 11) is -0.713. The molecule has 2 aromatic rings. The SMILES string of the molecule is Cc1ccc(NC(=O)CNc2cccc(NC(=O)OCC(C)C)c2)cc1S(=O)(=O)N(C)C. The maximum Gasteiger partial charge on any atom is 0.411 e. The van der Waals surface area contributed by atoms with E-state index in [1.807, 2.05) is 13.8 Å². The van der Waals surface area contributed by atoms with Crippen molar-refractivity contribution in [2.45, 2.75) is 25.7 Å². The Kier molecular flexibility index (Phi) is 8.62. The van der Waals surface area contributed by atoms with Crippen LogP contribution in [0.4, 0.5) is 21.9 Å². The summed E-state index contributed by atoms with van der Waals surface area (Å²) in [4.78, 5) is 24.3. The first-order valence-electron chi connectivity index (χ1n) is 10.1. The van der Waals surface area contributed by atoms with Gasteiger partial charge in [0, 0.05) is 31.2 Å². The van der Waals surface area contributed by atoms with Gasteiger partial charge in [0.25, 0.3) is 0 Å². The number of hydrogen-bond donors (Lipinski definition) is 3. The number of nitrogens with one attached hydrogen (secondary N) is 3. The predicted molar refractivity (Wildman–Crippen MR) is 125 cm³/mol. The van der Waals surface area contributed by atoms with Crippen molar-refractivity contribution in [2.24, 2.45) is 5.92 Å². The van der Waals surface area contributed by atoms with Crippen molar-refractivity contribution in [3.05, 3.63) is 48.0 Å². The van der Waals surface area contributed by atoms with Crippen molar-refractivity contribution in [1.82, 2.24) is 4.31 Å². The normalized spacial score (nSPS) is 11.3. The number of sulfonamides is 1. The van der Waals surface area contributed by atoms with Gasteiger partial charge in [-0.3, -0.25) is 10.1 Å². The molecule has 0 saturated carbocycles. The second-order valence-corrected chi connectivity index (χ2v) is 9.99. The lowest BCUT2D eigenvalue weighted by atomic mass is 10.2. The Morgan fingerprint density at radius 3 is 2.31 bits per heavy atom. The molecule has 0 aliphatic rings. The van der Waals surface area contributed by atoms with E-state index in [2.05, 4.69) is 16.0 Å². The number of hydrogen-bond acceptors (Lipinski definition) is 6. The fraction of sp³-hybridized carbons (Fsp3) is 0.364. The van der Waals surface area contributed by atoms with Crippen molar-refractivity contribution < 1.29 is 22.7 Å². The minimum absolute atomic E-state index is 0.0507. The third-order valence-corrected chi connectivity index (χ3v) is 6.30. The van der Waals surface area contributed by atoms with E-state index in [0.29, 0.717) is 29.2 Å². The number of anilines is 3. The molecule has 0 atom stereocenters. The quantitative estimate of drug-likeness (QED) is 0.525. The third kappa shape index (κ3) is 7.24. The number of nitrogens with zero attached hydrogens (tertiary/aromatic N) is 1. The van der Waals surface area contributed by atoms with Crippen LogP contribution in [0.2, 0.25) is 0 Å². The van der Waals surface area contributed by atoms with Crippen LogP contribution in [0.1, 0.15) is 19.4 Å². The minimum atomic E-state index is -3.62. The molecule has 0 aliphatic heterocycles. The van der Waals surface area contributed by atoms with Gasteiger partial charge in [0.1, 0.15) is 0 Å². The number of rotatable bonds is 9. The van der Waals surface area contributed by atoms with Gasteiger partial charge in [-0.1, -0.05) is 26.0 Å². The van der Waals surface area contributed by atoms with Gasteiger partial charge in [-0.2, -0.15) is 0 Å². The summed E-state index contributed by atoms with van der Waals surface area (Å²) in [5.74, 6) is -0.114. The van der Waals surface area contributed by atoms with Crippen molar-refractivity contribution in [1.29, 1.82) is 0 Å². The lowest BCUT2D eigenvalue weighted by molar-refractivity contribution is -0.114. The van der Waals surface area contributed by atoms with E-state index >= 15 is 0 Å². The Hall–Kier alpha value is -3.11. The first kappa shape index (κ1) is 25.2. The van der Waals surface area contributed by atoms with E-state index in [9.17, 15) is 18.0 Å². The number of carbonyl (C=O) groups is 2. The molecule has 0 unspecified atom stereocenters. The van der Waals surface area contributed by atoms with Crippen LogP contribution in [0, 0.1) is 12.8 Å². The molecule has 0 aromatic heterocycles. The summed E-state index contributed by atoms with van der Waals surface area (Å²) in [6, 6.07) is 11.6. The molecular formula is C22H30N4O5S. The van der Waals surface area contributed by atoms with Gasteiger partial charge in [0.15, 0.2) is 0 Å². The summed E-state index contributed by atoms with van der Waals surface area (Å²) in [5, 5.41) is 8.30. The van der Waals surface area contributed by atoms with Gasteiger partial charge < -0.3 is 15.4 Å². The van der Waals surface area contributed by atoms with E-state index in [0.717, 1.165) is 4.31 Å². The summed E-state index contributed by atoms with van der Waals surface area (Å²) in [6.45, 7) is 5.86. The second kappa shape index (κ2) is 11.0. The summed E-state index contributed by atoms with van der Waals surface area (Å²) >= 11 is 0. The van der Waals surface area contributed by atoms with Crippen LogP contribution in [-0.2, 0) is 19.6 Å². The lowest BCUT2D eigenvalue weighted by Gasteiger charge is -2.15. The lowest BCUT2D eigenvalue weighted by Crippen LogP contribution is -2.24. The fourth-order valence-corrected chi connectivity index (χ4v) is 3.79. The fourth-order valence-electron chi connectivity index (χ4n) is 2.64. The smallest absolute Gasteiger partial charge is 0.411 e. The minimum Gasteiger partial charge on any atom is -0.449 e. The molecule has 2 rings (SSSR count). The first-order chi connectivity index (χ1) is 15.0. The van der Waals surface area contributed by atoms with Crippen LogP contribution in [0.3, 0.4) is 0 Å². The molecule has 0 saturated heterocycles. The summed E-state index contributed by atoms with van der Waals surface area (Å²) < 4.78 is 31.1. The Morgan fingerprint density at radius 2 is 1.66 bits per heavy atom. The zero-order valence-corrected chi connectivity index (χ0v) is 19.7. The zero-order valence-electron chi connectivity index (χ0n) is 18.9.